The van der Waals surface area contributed by atoms with E-state index in [1.807, 2.05) is 29.4 Å². The molecular weight excluding hydrogens is 321 g/mol. The quantitative estimate of drug-likeness (QED) is 0.805. The molecule has 1 aromatic carbocycles. The molecule has 1 fully saturated rings. The number of ether oxygens (including phenoxy) is 1. The summed E-state index contributed by atoms with van der Waals surface area (Å²) in [6.07, 6.45) is 4.62. The summed E-state index contributed by atoms with van der Waals surface area (Å²) in [5, 5.41) is 0. The van der Waals surface area contributed by atoms with Gasteiger partial charge in [-0.1, -0.05) is 0 Å². The maximum atomic E-state index is 12.8. The van der Waals surface area contributed by atoms with E-state index in [2.05, 4.69) is 9.88 Å². The van der Waals surface area contributed by atoms with Crippen molar-refractivity contribution in [3.8, 4) is 5.75 Å². The second-order valence-electron chi connectivity index (χ2n) is 6.07. The fourth-order valence-corrected chi connectivity index (χ4v) is 2.82. The topological polar surface area (TPSA) is 45.7 Å². The van der Waals surface area contributed by atoms with Gasteiger partial charge in [0.15, 0.2) is 6.61 Å². The molecule has 0 saturated carbocycles. The lowest BCUT2D eigenvalue weighted by Gasteiger charge is -2.34. The molecule has 1 aliphatic heterocycles. The van der Waals surface area contributed by atoms with Crippen LogP contribution in [0.25, 0.3) is 0 Å². The molecule has 1 amide bonds. The molecule has 0 unspecified atom stereocenters. The fraction of sp³-hybridized carbons (Fsp3) is 0.368. The van der Waals surface area contributed by atoms with Crippen molar-refractivity contribution in [2.75, 3.05) is 39.3 Å². The number of aromatic nitrogens is 1. The van der Waals surface area contributed by atoms with Crippen molar-refractivity contribution in [1.82, 2.24) is 14.8 Å². The number of benzene rings is 1. The largest absolute Gasteiger partial charge is 0.484 e. The maximum absolute atomic E-state index is 12.8. The normalized spacial score (nSPS) is 15.2. The second-order valence-corrected chi connectivity index (χ2v) is 6.07. The van der Waals surface area contributed by atoms with Gasteiger partial charge in [-0.3, -0.25) is 14.7 Å². The minimum atomic E-state index is -0.318. The molecule has 0 bridgehead atoms. The van der Waals surface area contributed by atoms with Gasteiger partial charge in [0.2, 0.25) is 0 Å². The van der Waals surface area contributed by atoms with Gasteiger partial charge in [-0.25, -0.2) is 4.39 Å². The van der Waals surface area contributed by atoms with Gasteiger partial charge in [0.05, 0.1) is 0 Å². The highest BCUT2D eigenvalue weighted by molar-refractivity contribution is 5.77. The van der Waals surface area contributed by atoms with E-state index in [0.29, 0.717) is 18.8 Å². The number of rotatable bonds is 6. The SMILES string of the molecule is O=C(COc1ccc(F)cc1)N1CCN(CCc2ccncc2)CC1. The van der Waals surface area contributed by atoms with Crippen LogP contribution in [-0.4, -0.2) is 60.0 Å². The van der Waals surface area contributed by atoms with E-state index in [-0.39, 0.29) is 18.3 Å². The van der Waals surface area contributed by atoms with Crippen LogP contribution in [-0.2, 0) is 11.2 Å². The molecule has 1 saturated heterocycles. The molecule has 132 valence electrons. The number of carbonyl (C=O) groups is 1. The molecule has 3 rings (SSSR count). The Labute approximate surface area is 147 Å². The molecule has 2 heterocycles. The van der Waals surface area contributed by atoms with Crippen molar-refractivity contribution in [3.05, 3.63) is 60.2 Å². The predicted molar refractivity (Wildman–Crippen MR) is 92.9 cm³/mol. The van der Waals surface area contributed by atoms with E-state index in [0.717, 1.165) is 26.1 Å². The Kier molecular flexibility index (Phi) is 5.95. The molecule has 2 aromatic rings. The maximum Gasteiger partial charge on any atom is 0.260 e. The summed E-state index contributed by atoms with van der Waals surface area (Å²) in [4.78, 5) is 20.4. The number of piperazine rings is 1. The zero-order chi connectivity index (χ0) is 17.5. The summed E-state index contributed by atoms with van der Waals surface area (Å²) < 4.78 is 18.3. The van der Waals surface area contributed by atoms with Crippen molar-refractivity contribution in [1.29, 1.82) is 0 Å². The highest BCUT2D eigenvalue weighted by Gasteiger charge is 2.21. The molecule has 0 aliphatic carbocycles. The molecule has 6 heteroatoms. The molecule has 0 radical (unpaired) electrons. The molecule has 1 aromatic heterocycles. The lowest BCUT2D eigenvalue weighted by atomic mass is 10.2. The van der Waals surface area contributed by atoms with E-state index >= 15 is 0 Å². The lowest BCUT2D eigenvalue weighted by Crippen LogP contribution is -2.50. The standard InChI is InChI=1S/C19H22FN3O2/c20-17-1-3-18(4-2-17)25-15-19(24)23-13-11-22(12-14-23)10-7-16-5-8-21-9-6-16/h1-6,8-9H,7,10-15H2. The number of nitrogens with zero attached hydrogens (tertiary/aromatic N) is 3. The summed E-state index contributed by atoms with van der Waals surface area (Å²) in [6, 6.07) is 9.77. The Morgan fingerprint density at radius 3 is 2.40 bits per heavy atom. The summed E-state index contributed by atoms with van der Waals surface area (Å²) >= 11 is 0. The van der Waals surface area contributed by atoms with Crippen LogP contribution in [0.15, 0.2) is 48.8 Å². The summed E-state index contributed by atoms with van der Waals surface area (Å²) in [5.41, 5.74) is 1.28. The summed E-state index contributed by atoms with van der Waals surface area (Å²) in [5.74, 6) is 0.158. The summed E-state index contributed by atoms with van der Waals surface area (Å²) in [7, 11) is 0. The van der Waals surface area contributed by atoms with Gasteiger partial charge < -0.3 is 9.64 Å². The van der Waals surface area contributed by atoms with Crippen molar-refractivity contribution in [2.24, 2.45) is 0 Å². The Morgan fingerprint density at radius 2 is 1.72 bits per heavy atom. The number of pyridine rings is 1. The van der Waals surface area contributed by atoms with Crippen LogP contribution in [0.2, 0.25) is 0 Å². The van der Waals surface area contributed by atoms with E-state index in [1.54, 1.807) is 0 Å². The first-order chi connectivity index (χ1) is 12.2. The molecule has 0 spiro atoms. The van der Waals surface area contributed by atoms with Gasteiger partial charge in [0.25, 0.3) is 5.91 Å². The minimum absolute atomic E-state index is 0.0113. The van der Waals surface area contributed by atoms with Crippen molar-refractivity contribution < 1.29 is 13.9 Å². The number of amides is 1. The number of hydrogen-bond donors (Lipinski definition) is 0. The number of halogens is 1. The first-order valence-electron chi connectivity index (χ1n) is 8.48. The van der Waals surface area contributed by atoms with Crippen LogP contribution in [0.3, 0.4) is 0 Å². The van der Waals surface area contributed by atoms with Gasteiger partial charge in [-0.05, 0) is 48.4 Å². The first kappa shape index (κ1) is 17.4. The van der Waals surface area contributed by atoms with Crippen LogP contribution >= 0.6 is 0 Å². The highest BCUT2D eigenvalue weighted by atomic mass is 19.1. The van der Waals surface area contributed by atoms with Crippen molar-refractivity contribution in [3.63, 3.8) is 0 Å². The smallest absolute Gasteiger partial charge is 0.260 e. The predicted octanol–water partition coefficient (Wildman–Crippen LogP) is 1.99. The number of hydrogen-bond acceptors (Lipinski definition) is 4. The lowest BCUT2D eigenvalue weighted by molar-refractivity contribution is -0.135. The van der Waals surface area contributed by atoms with Crippen LogP contribution < -0.4 is 4.74 Å². The molecule has 0 atom stereocenters. The molecule has 0 N–H and O–H groups in total. The van der Waals surface area contributed by atoms with Gasteiger partial charge in [0, 0.05) is 45.1 Å². The summed E-state index contributed by atoms with van der Waals surface area (Å²) in [6.45, 7) is 4.13. The van der Waals surface area contributed by atoms with Crippen LogP contribution in [0, 0.1) is 5.82 Å². The Hall–Kier alpha value is -2.47. The van der Waals surface area contributed by atoms with Crippen molar-refractivity contribution in [2.45, 2.75) is 6.42 Å². The van der Waals surface area contributed by atoms with E-state index < -0.39 is 0 Å². The van der Waals surface area contributed by atoms with Crippen LogP contribution in [0.5, 0.6) is 5.75 Å². The third-order valence-electron chi connectivity index (χ3n) is 4.37. The zero-order valence-electron chi connectivity index (χ0n) is 14.1. The Balaban J connectivity index is 1.38. The second kappa shape index (κ2) is 8.58. The van der Waals surface area contributed by atoms with E-state index in [9.17, 15) is 9.18 Å². The van der Waals surface area contributed by atoms with E-state index in [4.69, 9.17) is 4.74 Å². The van der Waals surface area contributed by atoms with Gasteiger partial charge in [-0.15, -0.1) is 0 Å². The van der Waals surface area contributed by atoms with Gasteiger partial charge >= 0.3 is 0 Å². The average molecular weight is 343 g/mol. The van der Waals surface area contributed by atoms with E-state index in [1.165, 1.54) is 29.8 Å². The number of carbonyl (C=O) groups excluding carboxylic acids is 1. The minimum Gasteiger partial charge on any atom is -0.484 e. The van der Waals surface area contributed by atoms with Crippen molar-refractivity contribution >= 4 is 5.91 Å². The molecular formula is C19H22FN3O2. The highest BCUT2D eigenvalue weighted by Crippen LogP contribution is 2.11. The Morgan fingerprint density at radius 1 is 1.04 bits per heavy atom. The van der Waals surface area contributed by atoms with Gasteiger partial charge in [-0.2, -0.15) is 0 Å². The third-order valence-corrected chi connectivity index (χ3v) is 4.37. The molecule has 5 nitrogen and oxygen atoms in total. The molecule has 1 aliphatic rings. The molecule has 25 heavy (non-hydrogen) atoms. The van der Waals surface area contributed by atoms with Crippen LogP contribution in [0.1, 0.15) is 5.56 Å². The zero-order valence-corrected chi connectivity index (χ0v) is 14.1. The van der Waals surface area contributed by atoms with Crippen LogP contribution in [0.4, 0.5) is 4.39 Å². The third kappa shape index (κ3) is 5.26. The monoisotopic (exact) mass is 343 g/mol. The first-order valence-corrected chi connectivity index (χ1v) is 8.48. The van der Waals surface area contributed by atoms with Gasteiger partial charge in [0.1, 0.15) is 11.6 Å². The average Bonchev–Trinajstić information content (AvgIpc) is 2.67. The Bertz CT molecular complexity index is 671. The fourth-order valence-electron chi connectivity index (χ4n) is 2.82.